The molecule has 0 saturated carbocycles. The maximum atomic E-state index is 11.3. The van der Waals surface area contributed by atoms with E-state index < -0.39 is 15.6 Å². The summed E-state index contributed by atoms with van der Waals surface area (Å²) in [4.78, 5) is 4.23. The maximum Gasteiger partial charge on any atom is 0.209 e. The van der Waals surface area contributed by atoms with Crippen LogP contribution in [0.1, 0.15) is 30.8 Å². The number of hydrogen-bond donors (Lipinski definition) is 2. The van der Waals surface area contributed by atoms with E-state index in [0.29, 0.717) is 23.5 Å². The number of aromatic nitrogens is 1. The topological polar surface area (TPSA) is 94.9 Å². The van der Waals surface area contributed by atoms with E-state index in [0.717, 1.165) is 11.9 Å². The van der Waals surface area contributed by atoms with E-state index in [9.17, 15) is 8.42 Å². The van der Waals surface area contributed by atoms with Crippen molar-refractivity contribution in [2.45, 2.75) is 33.2 Å². The van der Waals surface area contributed by atoms with Crippen LogP contribution in [0.25, 0.3) is 0 Å². The van der Waals surface area contributed by atoms with Gasteiger partial charge in [-0.05, 0) is 33.8 Å². The van der Waals surface area contributed by atoms with Crippen LogP contribution in [-0.4, -0.2) is 31.7 Å². The number of aryl methyl sites for hydroxylation is 2. The van der Waals surface area contributed by atoms with Gasteiger partial charge in [0.1, 0.15) is 6.07 Å². The van der Waals surface area contributed by atoms with Crippen LogP contribution in [0.2, 0.25) is 0 Å². The lowest BCUT2D eigenvalue weighted by molar-refractivity contribution is 0.476. The Bertz CT molecular complexity index is 645. The highest BCUT2D eigenvalue weighted by molar-refractivity contribution is 7.88. The summed E-state index contributed by atoms with van der Waals surface area (Å²) in [7, 11) is -3.29. The minimum absolute atomic E-state index is 0.359. The van der Waals surface area contributed by atoms with Gasteiger partial charge < -0.3 is 5.32 Å². The van der Waals surface area contributed by atoms with Crippen molar-refractivity contribution in [3.05, 3.63) is 23.0 Å². The van der Waals surface area contributed by atoms with Crippen molar-refractivity contribution in [3.63, 3.8) is 0 Å². The molecule has 1 rings (SSSR count). The van der Waals surface area contributed by atoms with Crippen LogP contribution >= 0.6 is 0 Å². The standard InChI is InChI=1S/C13H20N4O2S/c1-9-6-12(11(7-14)10(2)16-9)15-8-13(3,4)17-20(5,18)19/h6,17H,8H2,1-5H3,(H,15,16). The number of nitrogens with zero attached hydrogens (tertiary/aromatic N) is 2. The molecule has 2 N–H and O–H groups in total. The fourth-order valence-corrected chi connectivity index (χ4v) is 3.04. The molecule has 0 saturated heterocycles. The summed E-state index contributed by atoms with van der Waals surface area (Å²) in [5, 5.41) is 12.3. The first-order chi connectivity index (χ1) is 9.04. The summed E-state index contributed by atoms with van der Waals surface area (Å²) < 4.78 is 25.1. The van der Waals surface area contributed by atoms with Crippen LogP contribution in [0.15, 0.2) is 6.07 Å². The smallest absolute Gasteiger partial charge is 0.209 e. The van der Waals surface area contributed by atoms with Crippen LogP contribution < -0.4 is 10.0 Å². The Labute approximate surface area is 120 Å². The van der Waals surface area contributed by atoms with Crippen molar-refractivity contribution in [2.75, 3.05) is 18.1 Å². The van der Waals surface area contributed by atoms with Gasteiger partial charge in [-0.25, -0.2) is 13.1 Å². The minimum atomic E-state index is -3.29. The summed E-state index contributed by atoms with van der Waals surface area (Å²) in [6.07, 6.45) is 1.12. The lowest BCUT2D eigenvalue weighted by Crippen LogP contribution is -2.47. The Kier molecular flexibility index (Phi) is 4.73. The SMILES string of the molecule is Cc1cc(NCC(C)(C)NS(C)(=O)=O)c(C#N)c(C)n1. The first-order valence-corrected chi connectivity index (χ1v) is 8.04. The monoisotopic (exact) mass is 296 g/mol. The maximum absolute atomic E-state index is 11.3. The summed E-state index contributed by atoms with van der Waals surface area (Å²) in [5.41, 5.74) is 1.94. The van der Waals surface area contributed by atoms with Gasteiger partial charge in [0, 0.05) is 17.8 Å². The molecule has 0 bridgehead atoms. The molecule has 20 heavy (non-hydrogen) atoms. The number of nitrogens with one attached hydrogen (secondary N) is 2. The van der Waals surface area contributed by atoms with Crippen LogP contribution in [0.3, 0.4) is 0 Å². The molecule has 0 amide bonds. The first kappa shape index (κ1) is 16.4. The second-order valence-electron chi connectivity index (χ2n) is 5.50. The van der Waals surface area contributed by atoms with Gasteiger partial charge in [0.15, 0.2) is 0 Å². The van der Waals surface area contributed by atoms with Crippen molar-refractivity contribution in [2.24, 2.45) is 0 Å². The normalized spacial score (nSPS) is 12.0. The third-order valence-electron chi connectivity index (χ3n) is 2.62. The number of sulfonamides is 1. The third kappa shape index (κ3) is 4.79. The van der Waals surface area contributed by atoms with Crippen molar-refractivity contribution < 1.29 is 8.42 Å². The average molecular weight is 296 g/mol. The third-order valence-corrected chi connectivity index (χ3v) is 3.55. The summed E-state index contributed by atoms with van der Waals surface area (Å²) in [6.45, 7) is 7.52. The van der Waals surface area contributed by atoms with Crippen molar-refractivity contribution in [1.82, 2.24) is 9.71 Å². The van der Waals surface area contributed by atoms with Gasteiger partial charge in [0.2, 0.25) is 10.0 Å². The van der Waals surface area contributed by atoms with Gasteiger partial charge in [-0.1, -0.05) is 0 Å². The van der Waals surface area contributed by atoms with E-state index in [4.69, 9.17) is 5.26 Å². The fraction of sp³-hybridized carbons (Fsp3) is 0.538. The Morgan fingerprint density at radius 3 is 2.50 bits per heavy atom. The molecule has 1 aromatic heterocycles. The Balaban J connectivity index is 2.93. The number of nitriles is 1. The summed E-state index contributed by atoms with van der Waals surface area (Å²) in [5.74, 6) is 0. The number of rotatable bonds is 5. The predicted molar refractivity (Wildman–Crippen MR) is 79.0 cm³/mol. The van der Waals surface area contributed by atoms with Gasteiger partial charge in [-0.3, -0.25) is 4.98 Å². The Morgan fingerprint density at radius 1 is 1.40 bits per heavy atom. The molecule has 0 aliphatic carbocycles. The lowest BCUT2D eigenvalue weighted by Gasteiger charge is -2.26. The van der Waals surface area contributed by atoms with Crippen molar-refractivity contribution in [1.29, 1.82) is 5.26 Å². The average Bonchev–Trinajstić information content (AvgIpc) is 2.22. The zero-order valence-electron chi connectivity index (χ0n) is 12.4. The molecule has 1 aromatic rings. The molecule has 0 spiro atoms. The second-order valence-corrected chi connectivity index (χ2v) is 7.24. The van der Waals surface area contributed by atoms with E-state index in [2.05, 4.69) is 21.1 Å². The highest BCUT2D eigenvalue weighted by Crippen LogP contribution is 2.19. The van der Waals surface area contributed by atoms with E-state index in [-0.39, 0.29) is 0 Å². The zero-order chi connectivity index (χ0) is 15.6. The summed E-state index contributed by atoms with van der Waals surface area (Å²) in [6, 6.07) is 3.89. The highest BCUT2D eigenvalue weighted by Gasteiger charge is 2.22. The van der Waals surface area contributed by atoms with Gasteiger partial charge in [0.25, 0.3) is 0 Å². The molecule has 0 atom stereocenters. The molecule has 0 unspecified atom stereocenters. The van der Waals surface area contributed by atoms with E-state index in [1.165, 1.54) is 0 Å². The van der Waals surface area contributed by atoms with Gasteiger partial charge in [-0.2, -0.15) is 5.26 Å². The highest BCUT2D eigenvalue weighted by atomic mass is 32.2. The molecule has 1 heterocycles. The Hall–Kier alpha value is -1.65. The van der Waals surface area contributed by atoms with Crippen molar-refractivity contribution >= 4 is 15.7 Å². The molecule has 0 aliphatic heterocycles. The van der Waals surface area contributed by atoms with Crippen LogP contribution in [-0.2, 0) is 10.0 Å². The molecule has 110 valence electrons. The molecule has 6 nitrogen and oxygen atoms in total. The molecule has 0 aliphatic rings. The molecule has 7 heteroatoms. The van der Waals surface area contributed by atoms with E-state index in [1.54, 1.807) is 26.8 Å². The van der Waals surface area contributed by atoms with Crippen molar-refractivity contribution in [3.8, 4) is 6.07 Å². The van der Waals surface area contributed by atoms with Gasteiger partial charge in [0.05, 0.1) is 23.2 Å². The lowest BCUT2D eigenvalue weighted by atomic mass is 10.1. The number of anilines is 1. The Morgan fingerprint density at radius 2 is 2.00 bits per heavy atom. The number of hydrogen-bond acceptors (Lipinski definition) is 5. The molecular formula is C13H20N4O2S. The van der Waals surface area contributed by atoms with Crippen LogP contribution in [0.4, 0.5) is 5.69 Å². The largest absolute Gasteiger partial charge is 0.382 e. The second kappa shape index (κ2) is 5.77. The molecule has 0 radical (unpaired) electrons. The zero-order valence-corrected chi connectivity index (χ0v) is 13.2. The van der Waals surface area contributed by atoms with Crippen LogP contribution in [0, 0.1) is 25.2 Å². The molecule has 0 fully saturated rings. The fourth-order valence-electron chi connectivity index (χ4n) is 1.96. The molecule has 0 aromatic carbocycles. The first-order valence-electron chi connectivity index (χ1n) is 6.15. The van der Waals surface area contributed by atoms with Gasteiger partial charge in [-0.15, -0.1) is 0 Å². The molecular weight excluding hydrogens is 276 g/mol. The van der Waals surface area contributed by atoms with Gasteiger partial charge >= 0.3 is 0 Å². The van der Waals surface area contributed by atoms with E-state index in [1.807, 2.05) is 6.92 Å². The predicted octanol–water partition coefficient (Wildman–Crippen LogP) is 1.31. The summed E-state index contributed by atoms with van der Waals surface area (Å²) >= 11 is 0. The quantitative estimate of drug-likeness (QED) is 0.854. The number of pyridine rings is 1. The van der Waals surface area contributed by atoms with E-state index >= 15 is 0 Å². The van der Waals surface area contributed by atoms with Crippen LogP contribution in [0.5, 0.6) is 0 Å². The minimum Gasteiger partial charge on any atom is -0.382 e.